The van der Waals surface area contributed by atoms with Crippen LogP contribution in [0.4, 0.5) is 0 Å². The molecule has 1 fully saturated rings. The molecular weight excluding hydrogens is 293 g/mol. The predicted molar refractivity (Wildman–Crippen MR) is 73.6 cm³/mol. The minimum atomic E-state index is -3.50. The van der Waals surface area contributed by atoms with Gasteiger partial charge in [-0.05, 0) is 37.0 Å². The molecule has 3 nitrogen and oxygen atoms in total. The first kappa shape index (κ1) is 14.1. The topological polar surface area (TPSA) is 46.2 Å². The van der Waals surface area contributed by atoms with E-state index in [1.165, 1.54) is 6.07 Å². The lowest BCUT2D eigenvalue weighted by Crippen LogP contribution is -2.37. The Bertz CT molecular complexity index is 519. The third-order valence-electron chi connectivity index (χ3n) is 3.27. The van der Waals surface area contributed by atoms with Crippen LogP contribution in [-0.4, -0.2) is 20.3 Å². The maximum Gasteiger partial charge on any atom is 0.240 e. The Hall–Kier alpha value is -0.290. The average Bonchev–Trinajstić information content (AvgIpc) is 2.75. The van der Waals surface area contributed by atoms with Crippen molar-refractivity contribution < 1.29 is 8.42 Å². The fourth-order valence-electron chi connectivity index (χ4n) is 2.28. The van der Waals surface area contributed by atoms with Crippen LogP contribution in [0.5, 0.6) is 0 Å². The molecule has 1 N–H and O–H groups in total. The highest BCUT2D eigenvalue weighted by Crippen LogP contribution is 2.28. The third kappa shape index (κ3) is 3.18. The van der Waals surface area contributed by atoms with Gasteiger partial charge in [0.05, 0.1) is 4.90 Å². The second-order valence-electron chi connectivity index (χ2n) is 4.53. The molecule has 6 heteroatoms. The van der Waals surface area contributed by atoms with Gasteiger partial charge in [-0.25, -0.2) is 13.1 Å². The molecule has 18 heavy (non-hydrogen) atoms. The van der Waals surface area contributed by atoms with Crippen LogP contribution in [0.2, 0.25) is 5.02 Å². The zero-order valence-electron chi connectivity index (χ0n) is 9.77. The number of halogens is 2. The maximum atomic E-state index is 12.2. The molecule has 1 aliphatic carbocycles. The third-order valence-corrected chi connectivity index (χ3v) is 5.39. The zero-order chi connectivity index (χ0) is 13.2. The molecule has 0 aromatic heterocycles. The van der Waals surface area contributed by atoms with Crippen molar-refractivity contribution in [3.63, 3.8) is 0 Å². The van der Waals surface area contributed by atoms with Crippen molar-refractivity contribution in [2.75, 3.05) is 5.88 Å². The Morgan fingerprint density at radius 3 is 2.78 bits per heavy atom. The van der Waals surface area contributed by atoms with Crippen molar-refractivity contribution >= 4 is 33.2 Å². The molecule has 0 radical (unpaired) electrons. The van der Waals surface area contributed by atoms with Crippen molar-refractivity contribution in [3.05, 3.63) is 29.3 Å². The molecule has 2 atom stereocenters. The smallest absolute Gasteiger partial charge is 0.208 e. The van der Waals surface area contributed by atoms with Gasteiger partial charge < -0.3 is 0 Å². The van der Waals surface area contributed by atoms with E-state index >= 15 is 0 Å². The molecule has 0 bridgehead atoms. The van der Waals surface area contributed by atoms with Gasteiger partial charge in [-0.15, -0.1) is 11.6 Å². The largest absolute Gasteiger partial charge is 0.240 e. The quantitative estimate of drug-likeness (QED) is 0.869. The zero-order valence-corrected chi connectivity index (χ0v) is 12.1. The van der Waals surface area contributed by atoms with Crippen molar-refractivity contribution in [2.45, 2.75) is 30.2 Å². The number of alkyl halides is 1. The van der Waals surface area contributed by atoms with E-state index in [4.69, 9.17) is 23.2 Å². The maximum absolute atomic E-state index is 12.2. The van der Waals surface area contributed by atoms with Gasteiger partial charge in [0.2, 0.25) is 10.0 Å². The lowest BCUT2D eigenvalue weighted by Gasteiger charge is -2.18. The Kier molecular flexibility index (Phi) is 4.54. The van der Waals surface area contributed by atoms with E-state index in [2.05, 4.69) is 4.72 Å². The SMILES string of the molecule is O=S(=O)(NC1CCCC1CCl)c1cccc(Cl)c1. The van der Waals surface area contributed by atoms with E-state index in [9.17, 15) is 8.42 Å². The van der Waals surface area contributed by atoms with Crippen LogP contribution in [0, 0.1) is 5.92 Å². The van der Waals surface area contributed by atoms with Gasteiger partial charge in [-0.3, -0.25) is 0 Å². The van der Waals surface area contributed by atoms with Crippen LogP contribution < -0.4 is 4.72 Å². The molecule has 0 heterocycles. The summed E-state index contributed by atoms with van der Waals surface area (Å²) in [6.07, 6.45) is 2.84. The number of hydrogen-bond acceptors (Lipinski definition) is 2. The van der Waals surface area contributed by atoms with Gasteiger partial charge in [-0.2, -0.15) is 0 Å². The Morgan fingerprint density at radius 1 is 1.33 bits per heavy atom. The summed E-state index contributed by atoms with van der Waals surface area (Å²) in [6.45, 7) is 0. The predicted octanol–water partition coefficient (Wildman–Crippen LogP) is 3.03. The Labute approximate surface area is 118 Å². The minimum Gasteiger partial charge on any atom is -0.208 e. The summed E-state index contributed by atoms with van der Waals surface area (Å²) in [5.41, 5.74) is 0. The summed E-state index contributed by atoms with van der Waals surface area (Å²) in [6, 6.07) is 6.21. The molecule has 0 aliphatic heterocycles. The molecule has 1 aromatic rings. The van der Waals surface area contributed by atoms with Crippen LogP contribution in [0.15, 0.2) is 29.2 Å². The van der Waals surface area contributed by atoms with E-state index in [0.717, 1.165) is 19.3 Å². The highest BCUT2D eigenvalue weighted by Gasteiger charge is 2.30. The normalized spacial score (nSPS) is 24.3. The minimum absolute atomic E-state index is 0.0634. The summed E-state index contributed by atoms with van der Waals surface area (Å²) in [7, 11) is -3.50. The Balaban J connectivity index is 2.17. The van der Waals surface area contributed by atoms with Gasteiger partial charge in [-0.1, -0.05) is 24.1 Å². The standard InChI is InChI=1S/C12H15Cl2NO2S/c13-8-9-3-1-6-12(9)15-18(16,17)11-5-2-4-10(14)7-11/h2,4-5,7,9,12,15H,1,3,6,8H2. The average molecular weight is 308 g/mol. The molecular formula is C12H15Cl2NO2S. The summed E-state index contributed by atoms with van der Waals surface area (Å²) < 4.78 is 27.1. The van der Waals surface area contributed by atoms with E-state index in [1.54, 1.807) is 18.2 Å². The summed E-state index contributed by atoms with van der Waals surface area (Å²) >= 11 is 11.7. The first-order valence-electron chi connectivity index (χ1n) is 5.87. The molecule has 2 rings (SSSR count). The Morgan fingerprint density at radius 2 is 2.11 bits per heavy atom. The van der Waals surface area contributed by atoms with Crippen LogP contribution in [0.25, 0.3) is 0 Å². The summed E-state index contributed by atoms with van der Waals surface area (Å²) in [5.74, 6) is 0.712. The number of benzene rings is 1. The summed E-state index contributed by atoms with van der Waals surface area (Å²) in [4.78, 5) is 0.204. The van der Waals surface area contributed by atoms with Crippen LogP contribution in [0.3, 0.4) is 0 Å². The van der Waals surface area contributed by atoms with E-state index in [1.807, 2.05) is 0 Å². The van der Waals surface area contributed by atoms with Crippen LogP contribution >= 0.6 is 23.2 Å². The van der Waals surface area contributed by atoms with Crippen molar-refractivity contribution in [2.24, 2.45) is 5.92 Å². The molecule has 0 spiro atoms. The molecule has 0 saturated heterocycles. The van der Waals surface area contributed by atoms with Crippen molar-refractivity contribution in [1.82, 2.24) is 4.72 Å². The summed E-state index contributed by atoms with van der Waals surface area (Å²) in [5, 5.41) is 0.415. The lowest BCUT2D eigenvalue weighted by molar-refractivity contribution is 0.480. The molecule has 1 saturated carbocycles. The highest BCUT2D eigenvalue weighted by atomic mass is 35.5. The number of sulfonamides is 1. The fourth-order valence-corrected chi connectivity index (χ4v) is 4.29. The molecule has 1 aliphatic rings. The molecule has 2 unspecified atom stereocenters. The second kappa shape index (κ2) is 5.78. The van der Waals surface area contributed by atoms with Gasteiger partial charge in [0.25, 0.3) is 0 Å². The van der Waals surface area contributed by atoms with Gasteiger partial charge >= 0.3 is 0 Å². The first-order valence-corrected chi connectivity index (χ1v) is 8.26. The highest BCUT2D eigenvalue weighted by molar-refractivity contribution is 7.89. The fraction of sp³-hybridized carbons (Fsp3) is 0.500. The number of hydrogen-bond donors (Lipinski definition) is 1. The van der Waals surface area contributed by atoms with Crippen LogP contribution in [-0.2, 0) is 10.0 Å². The van der Waals surface area contributed by atoms with Crippen molar-refractivity contribution in [1.29, 1.82) is 0 Å². The van der Waals surface area contributed by atoms with Crippen molar-refractivity contribution in [3.8, 4) is 0 Å². The van der Waals surface area contributed by atoms with E-state index in [0.29, 0.717) is 10.9 Å². The second-order valence-corrected chi connectivity index (χ2v) is 6.99. The molecule has 1 aromatic carbocycles. The lowest BCUT2D eigenvalue weighted by atomic mass is 10.1. The van der Waals surface area contributed by atoms with Gasteiger partial charge in [0.1, 0.15) is 0 Å². The molecule has 100 valence electrons. The van der Waals surface area contributed by atoms with E-state index in [-0.39, 0.29) is 16.9 Å². The first-order chi connectivity index (χ1) is 8.53. The van der Waals surface area contributed by atoms with E-state index < -0.39 is 10.0 Å². The van der Waals surface area contributed by atoms with Gasteiger partial charge in [0, 0.05) is 16.9 Å². The van der Waals surface area contributed by atoms with Gasteiger partial charge in [0.15, 0.2) is 0 Å². The number of rotatable bonds is 4. The monoisotopic (exact) mass is 307 g/mol. The number of nitrogens with one attached hydrogen (secondary N) is 1. The van der Waals surface area contributed by atoms with Crippen LogP contribution in [0.1, 0.15) is 19.3 Å². The molecule has 0 amide bonds.